The smallest absolute Gasteiger partial charge is 0.310 e. The number of nitrogens with zero attached hydrogens (tertiary/aromatic N) is 1. The molecule has 0 aromatic rings. The molecular formula is C13H22N2O3. The van der Waals surface area contributed by atoms with Crippen LogP contribution in [0.2, 0.25) is 0 Å². The van der Waals surface area contributed by atoms with Gasteiger partial charge in [0.2, 0.25) is 5.91 Å². The summed E-state index contributed by atoms with van der Waals surface area (Å²) in [5.74, 6) is -0.350. The predicted molar refractivity (Wildman–Crippen MR) is 68.7 cm³/mol. The Morgan fingerprint density at radius 1 is 1.61 bits per heavy atom. The maximum Gasteiger partial charge on any atom is 0.310 e. The molecule has 0 saturated carbocycles. The zero-order chi connectivity index (χ0) is 13.5. The van der Waals surface area contributed by atoms with Crippen LogP contribution in [-0.4, -0.2) is 43.0 Å². The van der Waals surface area contributed by atoms with E-state index >= 15 is 0 Å². The first-order valence-corrected chi connectivity index (χ1v) is 6.32. The minimum atomic E-state index is -0.227. The third-order valence-corrected chi connectivity index (χ3v) is 3.30. The summed E-state index contributed by atoms with van der Waals surface area (Å²) in [6.07, 6.45) is 4.28. The lowest BCUT2D eigenvalue weighted by Crippen LogP contribution is -2.42. The van der Waals surface area contributed by atoms with E-state index in [0.717, 1.165) is 19.4 Å². The van der Waals surface area contributed by atoms with E-state index in [1.165, 1.54) is 7.11 Å². The van der Waals surface area contributed by atoms with Gasteiger partial charge < -0.3 is 15.4 Å². The molecule has 1 aliphatic heterocycles. The Hall–Kier alpha value is -1.36. The van der Waals surface area contributed by atoms with Crippen LogP contribution >= 0.6 is 0 Å². The maximum absolute atomic E-state index is 12.0. The number of rotatable bonds is 5. The zero-order valence-corrected chi connectivity index (χ0v) is 10.9. The Balaban J connectivity index is 2.43. The molecule has 1 heterocycles. The number of carbonyl (C=O) groups is 2. The van der Waals surface area contributed by atoms with Crippen LogP contribution in [0.15, 0.2) is 12.7 Å². The normalized spacial score (nSPS) is 21.2. The van der Waals surface area contributed by atoms with Crippen LogP contribution in [0, 0.1) is 5.92 Å². The number of methoxy groups -OCH3 is 1. The molecule has 0 aliphatic carbocycles. The highest BCUT2D eigenvalue weighted by Crippen LogP contribution is 2.18. The fraction of sp³-hybridized carbons (Fsp3) is 0.692. The maximum atomic E-state index is 12.0. The fourth-order valence-corrected chi connectivity index (χ4v) is 2.13. The first kappa shape index (κ1) is 14.7. The molecule has 1 aliphatic rings. The van der Waals surface area contributed by atoms with Crippen molar-refractivity contribution in [3.05, 3.63) is 12.7 Å². The minimum absolute atomic E-state index is 0.0564. The van der Waals surface area contributed by atoms with Crippen LogP contribution in [0.4, 0.5) is 0 Å². The summed E-state index contributed by atoms with van der Waals surface area (Å²) in [6.45, 7) is 4.77. The van der Waals surface area contributed by atoms with Gasteiger partial charge in [-0.05, 0) is 19.3 Å². The van der Waals surface area contributed by atoms with Crippen molar-refractivity contribution in [2.24, 2.45) is 11.7 Å². The van der Waals surface area contributed by atoms with E-state index in [2.05, 4.69) is 6.58 Å². The monoisotopic (exact) mass is 254 g/mol. The van der Waals surface area contributed by atoms with Gasteiger partial charge in [-0.25, -0.2) is 0 Å². The van der Waals surface area contributed by atoms with Crippen molar-refractivity contribution in [2.45, 2.75) is 31.7 Å². The highest BCUT2D eigenvalue weighted by Gasteiger charge is 2.28. The summed E-state index contributed by atoms with van der Waals surface area (Å²) in [5.41, 5.74) is 5.68. The minimum Gasteiger partial charge on any atom is -0.469 e. The Bertz CT molecular complexity index is 317. The summed E-state index contributed by atoms with van der Waals surface area (Å²) in [4.78, 5) is 25.1. The molecule has 2 atom stereocenters. The van der Waals surface area contributed by atoms with E-state index in [-0.39, 0.29) is 23.8 Å². The molecular weight excluding hydrogens is 232 g/mol. The molecule has 5 heteroatoms. The summed E-state index contributed by atoms with van der Waals surface area (Å²) in [5, 5.41) is 0. The second kappa shape index (κ2) is 7.16. The Kier molecular flexibility index (Phi) is 5.85. The van der Waals surface area contributed by atoms with Crippen molar-refractivity contribution in [1.82, 2.24) is 4.90 Å². The lowest BCUT2D eigenvalue weighted by Gasteiger charge is -2.31. The molecule has 0 bridgehead atoms. The first-order chi connectivity index (χ1) is 8.58. The van der Waals surface area contributed by atoms with Gasteiger partial charge in [0.05, 0.1) is 13.0 Å². The third-order valence-electron chi connectivity index (χ3n) is 3.30. The molecule has 2 N–H and O–H groups in total. The second-order valence-electron chi connectivity index (χ2n) is 4.64. The number of carbonyl (C=O) groups excluding carboxylic acids is 2. The molecule has 1 amide bonds. The van der Waals surface area contributed by atoms with Crippen LogP contribution in [0.1, 0.15) is 25.7 Å². The van der Waals surface area contributed by atoms with Gasteiger partial charge in [0.1, 0.15) is 0 Å². The van der Waals surface area contributed by atoms with Crippen molar-refractivity contribution < 1.29 is 14.3 Å². The number of hydrogen-bond donors (Lipinski definition) is 1. The van der Waals surface area contributed by atoms with Crippen LogP contribution < -0.4 is 5.73 Å². The molecule has 1 saturated heterocycles. The molecule has 0 aromatic heterocycles. The van der Waals surface area contributed by atoms with Gasteiger partial charge in [0.15, 0.2) is 0 Å². The SMILES string of the molecule is C=CC(N)CCC(=O)N1CCCC(C(=O)OC)C1. The van der Waals surface area contributed by atoms with E-state index in [1.54, 1.807) is 11.0 Å². The quantitative estimate of drug-likeness (QED) is 0.579. The van der Waals surface area contributed by atoms with Gasteiger partial charge in [0.25, 0.3) is 0 Å². The van der Waals surface area contributed by atoms with Crippen molar-refractivity contribution in [2.75, 3.05) is 20.2 Å². The average Bonchev–Trinajstić information content (AvgIpc) is 2.43. The molecule has 0 spiro atoms. The molecule has 0 radical (unpaired) electrons. The second-order valence-corrected chi connectivity index (χ2v) is 4.64. The summed E-state index contributed by atoms with van der Waals surface area (Å²) < 4.78 is 4.72. The van der Waals surface area contributed by atoms with Gasteiger partial charge in [-0.2, -0.15) is 0 Å². The van der Waals surface area contributed by atoms with Crippen LogP contribution in [0.3, 0.4) is 0 Å². The number of likely N-dealkylation sites (tertiary alicyclic amines) is 1. The van der Waals surface area contributed by atoms with E-state index in [0.29, 0.717) is 19.4 Å². The van der Waals surface area contributed by atoms with Gasteiger partial charge >= 0.3 is 5.97 Å². The standard InChI is InChI=1S/C13H22N2O3/c1-3-11(14)6-7-12(16)15-8-4-5-10(9-15)13(17)18-2/h3,10-11H,1,4-9,14H2,2H3. The topological polar surface area (TPSA) is 72.6 Å². The molecule has 18 heavy (non-hydrogen) atoms. The average molecular weight is 254 g/mol. The van der Waals surface area contributed by atoms with Crippen LogP contribution in [-0.2, 0) is 14.3 Å². The van der Waals surface area contributed by atoms with E-state index in [1.807, 2.05) is 0 Å². The van der Waals surface area contributed by atoms with Crippen molar-refractivity contribution in [3.8, 4) is 0 Å². The first-order valence-electron chi connectivity index (χ1n) is 6.32. The number of piperidine rings is 1. The highest BCUT2D eigenvalue weighted by molar-refractivity contribution is 5.78. The largest absolute Gasteiger partial charge is 0.469 e. The van der Waals surface area contributed by atoms with Crippen molar-refractivity contribution >= 4 is 11.9 Å². The third kappa shape index (κ3) is 4.14. The van der Waals surface area contributed by atoms with Crippen molar-refractivity contribution in [1.29, 1.82) is 0 Å². The lowest BCUT2D eigenvalue weighted by molar-refractivity contribution is -0.149. The zero-order valence-electron chi connectivity index (χ0n) is 10.9. The van der Waals surface area contributed by atoms with E-state index in [9.17, 15) is 9.59 Å². The highest BCUT2D eigenvalue weighted by atomic mass is 16.5. The van der Waals surface area contributed by atoms with Crippen LogP contribution in [0.5, 0.6) is 0 Å². The predicted octanol–water partition coefficient (Wildman–Crippen LogP) is 0.691. The van der Waals surface area contributed by atoms with Gasteiger partial charge in [-0.3, -0.25) is 9.59 Å². The van der Waals surface area contributed by atoms with Crippen LogP contribution in [0.25, 0.3) is 0 Å². The van der Waals surface area contributed by atoms with E-state index in [4.69, 9.17) is 10.5 Å². The number of nitrogens with two attached hydrogens (primary N) is 1. The molecule has 2 unspecified atom stereocenters. The number of amides is 1. The number of hydrogen-bond acceptors (Lipinski definition) is 4. The molecule has 5 nitrogen and oxygen atoms in total. The Morgan fingerprint density at radius 3 is 2.94 bits per heavy atom. The lowest BCUT2D eigenvalue weighted by atomic mass is 9.97. The van der Waals surface area contributed by atoms with Gasteiger partial charge in [-0.15, -0.1) is 6.58 Å². The molecule has 102 valence electrons. The number of ether oxygens (including phenoxy) is 1. The molecule has 0 aromatic carbocycles. The van der Waals surface area contributed by atoms with Crippen molar-refractivity contribution in [3.63, 3.8) is 0 Å². The fourth-order valence-electron chi connectivity index (χ4n) is 2.13. The van der Waals surface area contributed by atoms with Gasteiger partial charge in [-0.1, -0.05) is 6.08 Å². The Labute approximate surface area is 108 Å². The molecule has 1 fully saturated rings. The summed E-state index contributed by atoms with van der Waals surface area (Å²) in [6, 6.07) is -0.143. The molecule has 1 rings (SSSR count). The number of esters is 1. The van der Waals surface area contributed by atoms with E-state index < -0.39 is 0 Å². The Morgan fingerprint density at radius 2 is 2.33 bits per heavy atom. The summed E-state index contributed by atoms with van der Waals surface area (Å²) >= 11 is 0. The van der Waals surface area contributed by atoms with Gasteiger partial charge in [0, 0.05) is 25.6 Å². The summed E-state index contributed by atoms with van der Waals surface area (Å²) in [7, 11) is 1.38.